The lowest BCUT2D eigenvalue weighted by molar-refractivity contribution is -0.384. The molecule has 0 spiro atoms. The van der Waals surface area contributed by atoms with E-state index in [-0.39, 0.29) is 29.9 Å². The normalized spacial score (nSPS) is 12.7. The van der Waals surface area contributed by atoms with Crippen LogP contribution in [0.1, 0.15) is 33.3 Å². The van der Waals surface area contributed by atoms with E-state index >= 15 is 0 Å². The van der Waals surface area contributed by atoms with Crippen molar-refractivity contribution < 1.29 is 22.9 Å². The Morgan fingerprint density at radius 2 is 1.81 bits per heavy atom. The standard InChI is InChI=1S/C22H29N3O6S/c1-16(24(32(5,29)30)18-7-6-8-19(15-18)25(27)28)21(26)23-13-14-31-20-11-9-17(10-12-20)22(2,3)4/h6-12,15-16H,13-14H2,1-5H3,(H,23,26)/t16-/m1/s1. The first-order valence-corrected chi connectivity index (χ1v) is 11.9. The quantitative estimate of drug-likeness (QED) is 0.346. The number of non-ortho nitro benzene ring substituents is 1. The van der Waals surface area contributed by atoms with Gasteiger partial charge in [0, 0.05) is 12.1 Å². The van der Waals surface area contributed by atoms with Gasteiger partial charge >= 0.3 is 0 Å². The third-order valence-corrected chi connectivity index (χ3v) is 6.02. The van der Waals surface area contributed by atoms with Gasteiger partial charge in [-0.25, -0.2) is 8.42 Å². The van der Waals surface area contributed by atoms with E-state index < -0.39 is 26.9 Å². The highest BCUT2D eigenvalue weighted by Crippen LogP contribution is 2.26. The number of nitro groups is 1. The minimum Gasteiger partial charge on any atom is -0.492 e. The van der Waals surface area contributed by atoms with E-state index in [1.54, 1.807) is 0 Å². The number of amides is 1. The molecule has 174 valence electrons. The second kappa shape index (κ2) is 9.99. The van der Waals surface area contributed by atoms with Gasteiger partial charge in [-0.3, -0.25) is 19.2 Å². The van der Waals surface area contributed by atoms with Crippen LogP contribution >= 0.6 is 0 Å². The number of hydrogen-bond acceptors (Lipinski definition) is 6. The van der Waals surface area contributed by atoms with Gasteiger partial charge in [0.15, 0.2) is 0 Å². The lowest BCUT2D eigenvalue weighted by atomic mass is 9.87. The Bertz CT molecular complexity index is 1060. The number of sulfonamides is 1. The van der Waals surface area contributed by atoms with E-state index in [0.717, 1.165) is 16.6 Å². The van der Waals surface area contributed by atoms with Crippen LogP contribution < -0.4 is 14.4 Å². The van der Waals surface area contributed by atoms with Gasteiger partial charge in [-0.2, -0.15) is 0 Å². The molecule has 1 amide bonds. The largest absolute Gasteiger partial charge is 0.492 e. The first-order chi connectivity index (χ1) is 14.8. The smallest absolute Gasteiger partial charge is 0.271 e. The molecule has 0 aliphatic carbocycles. The number of anilines is 1. The first kappa shape index (κ1) is 25.1. The molecule has 2 aromatic carbocycles. The van der Waals surface area contributed by atoms with Gasteiger partial charge in [0.05, 0.1) is 23.4 Å². The molecule has 32 heavy (non-hydrogen) atoms. The summed E-state index contributed by atoms with van der Waals surface area (Å²) in [7, 11) is -3.88. The van der Waals surface area contributed by atoms with Gasteiger partial charge in [-0.05, 0) is 36.1 Å². The summed E-state index contributed by atoms with van der Waals surface area (Å²) in [5.74, 6) is 0.114. The van der Waals surface area contributed by atoms with E-state index in [1.807, 2.05) is 24.3 Å². The highest BCUT2D eigenvalue weighted by Gasteiger charge is 2.29. The Kier molecular flexibility index (Phi) is 7.84. The van der Waals surface area contributed by atoms with Crippen LogP contribution in [0.25, 0.3) is 0 Å². The van der Waals surface area contributed by atoms with Crippen LogP contribution in [0.5, 0.6) is 5.75 Å². The van der Waals surface area contributed by atoms with Crippen LogP contribution in [0.15, 0.2) is 48.5 Å². The van der Waals surface area contributed by atoms with Crippen molar-refractivity contribution in [3.63, 3.8) is 0 Å². The Balaban J connectivity index is 2.00. The summed E-state index contributed by atoms with van der Waals surface area (Å²) in [4.78, 5) is 23.0. The zero-order chi connectivity index (χ0) is 24.1. The van der Waals surface area contributed by atoms with Crippen molar-refractivity contribution in [1.82, 2.24) is 5.32 Å². The minimum atomic E-state index is -3.88. The molecule has 2 rings (SSSR count). The number of hydrogen-bond donors (Lipinski definition) is 1. The molecular formula is C22H29N3O6S. The van der Waals surface area contributed by atoms with E-state index in [9.17, 15) is 23.3 Å². The van der Waals surface area contributed by atoms with Crippen molar-refractivity contribution in [2.75, 3.05) is 23.7 Å². The molecule has 0 heterocycles. The van der Waals surface area contributed by atoms with E-state index in [0.29, 0.717) is 5.75 Å². The monoisotopic (exact) mass is 463 g/mol. The number of ether oxygens (including phenoxy) is 1. The molecule has 1 N–H and O–H groups in total. The van der Waals surface area contributed by atoms with Crippen molar-refractivity contribution in [2.45, 2.75) is 39.2 Å². The maximum Gasteiger partial charge on any atom is 0.271 e. The van der Waals surface area contributed by atoms with Gasteiger partial charge in [-0.1, -0.05) is 39.0 Å². The number of rotatable bonds is 9. The number of carbonyl (C=O) groups excluding carboxylic acids is 1. The van der Waals surface area contributed by atoms with Crippen molar-refractivity contribution in [2.24, 2.45) is 0 Å². The molecule has 2 aromatic rings. The van der Waals surface area contributed by atoms with Gasteiger partial charge in [-0.15, -0.1) is 0 Å². The summed E-state index contributed by atoms with van der Waals surface area (Å²) in [5, 5.41) is 13.7. The zero-order valence-electron chi connectivity index (χ0n) is 18.9. The Hall–Kier alpha value is -3.14. The molecule has 0 bridgehead atoms. The second-order valence-corrected chi connectivity index (χ2v) is 10.3. The molecule has 0 saturated heterocycles. The first-order valence-electron chi connectivity index (χ1n) is 10.1. The molecule has 0 unspecified atom stereocenters. The summed E-state index contributed by atoms with van der Waals surface area (Å²) < 4.78 is 31.1. The second-order valence-electron chi connectivity index (χ2n) is 8.43. The summed E-state index contributed by atoms with van der Waals surface area (Å²) in [6, 6.07) is 11.7. The fourth-order valence-corrected chi connectivity index (χ4v) is 4.26. The summed E-state index contributed by atoms with van der Waals surface area (Å²) in [5.41, 5.74) is 0.982. The average Bonchev–Trinajstić information content (AvgIpc) is 2.70. The van der Waals surface area contributed by atoms with Crippen LogP contribution in [0.3, 0.4) is 0 Å². The van der Waals surface area contributed by atoms with Crippen LogP contribution in [-0.4, -0.2) is 44.7 Å². The van der Waals surface area contributed by atoms with Gasteiger partial charge in [0.2, 0.25) is 15.9 Å². The molecule has 1 atom stereocenters. The minimum absolute atomic E-state index is 0.0350. The van der Waals surface area contributed by atoms with Crippen LogP contribution in [0.2, 0.25) is 0 Å². The van der Waals surface area contributed by atoms with Crippen molar-refractivity contribution in [3.05, 3.63) is 64.2 Å². The molecule has 10 heteroatoms. The summed E-state index contributed by atoms with van der Waals surface area (Å²) in [6.07, 6.45) is 0.944. The Morgan fingerprint density at radius 1 is 1.19 bits per heavy atom. The Labute approximate surface area is 188 Å². The fourth-order valence-electron chi connectivity index (χ4n) is 3.09. The average molecular weight is 464 g/mol. The van der Waals surface area contributed by atoms with E-state index in [2.05, 4.69) is 26.1 Å². The molecule has 0 aromatic heterocycles. The SMILES string of the molecule is C[C@H](C(=O)NCCOc1ccc(C(C)(C)C)cc1)N(c1cccc([N+](=O)[O-])c1)S(C)(=O)=O. The molecule has 0 aliphatic rings. The number of carbonyl (C=O) groups is 1. The number of nitrogens with zero attached hydrogens (tertiary/aromatic N) is 2. The van der Waals surface area contributed by atoms with Crippen molar-refractivity contribution in [3.8, 4) is 5.75 Å². The lowest BCUT2D eigenvalue weighted by Gasteiger charge is -2.28. The summed E-state index contributed by atoms with van der Waals surface area (Å²) >= 11 is 0. The number of nitro benzene ring substituents is 1. The molecule has 0 saturated carbocycles. The highest BCUT2D eigenvalue weighted by atomic mass is 32.2. The van der Waals surface area contributed by atoms with Crippen molar-refractivity contribution >= 4 is 27.3 Å². The van der Waals surface area contributed by atoms with Gasteiger partial charge in [0.1, 0.15) is 18.4 Å². The van der Waals surface area contributed by atoms with Gasteiger partial charge < -0.3 is 10.1 Å². The zero-order valence-corrected chi connectivity index (χ0v) is 19.7. The predicted octanol–water partition coefficient (Wildman–Crippen LogP) is 3.24. The van der Waals surface area contributed by atoms with Crippen LogP contribution in [-0.2, 0) is 20.2 Å². The van der Waals surface area contributed by atoms with Gasteiger partial charge in [0.25, 0.3) is 5.69 Å². The lowest BCUT2D eigenvalue weighted by Crippen LogP contribution is -2.48. The maximum atomic E-state index is 12.6. The molecule has 0 radical (unpaired) electrons. The number of nitrogens with one attached hydrogen (secondary N) is 1. The van der Waals surface area contributed by atoms with E-state index in [4.69, 9.17) is 4.74 Å². The van der Waals surface area contributed by atoms with Crippen molar-refractivity contribution in [1.29, 1.82) is 0 Å². The van der Waals surface area contributed by atoms with E-state index in [1.165, 1.54) is 30.7 Å². The van der Waals surface area contributed by atoms with Crippen LogP contribution in [0.4, 0.5) is 11.4 Å². The third kappa shape index (κ3) is 6.68. The predicted molar refractivity (Wildman–Crippen MR) is 124 cm³/mol. The Morgan fingerprint density at radius 3 is 2.34 bits per heavy atom. The molecule has 0 fully saturated rings. The number of benzene rings is 2. The molecular weight excluding hydrogens is 434 g/mol. The molecule has 0 aliphatic heterocycles. The molecule has 9 nitrogen and oxygen atoms in total. The summed E-state index contributed by atoms with van der Waals surface area (Å²) in [6.45, 7) is 8.13. The maximum absolute atomic E-state index is 12.6. The topological polar surface area (TPSA) is 119 Å². The van der Waals surface area contributed by atoms with Crippen LogP contribution in [0, 0.1) is 10.1 Å². The fraction of sp³-hybridized carbons (Fsp3) is 0.409. The highest BCUT2D eigenvalue weighted by molar-refractivity contribution is 7.92. The third-order valence-electron chi connectivity index (χ3n) is 4.77.